The molecule has 0 aromatic rings. The molecule has 0 aromatic carbocycles. The summed E-state index contributed by atoms with van der Waals surface area (Å²) in [7, 11) is -3.77. The van der Waals surface area contributed by atoms with Gasteiger partial charge in [0, 0.05) is 6.26 Å². The lowest BCUT2D eigenvalue weighted by Crippen LogP contribution is -2.54. The van der Waals surface area contributed by atoms with E-state index < -0.39 is 20.7 Å². The Kier molecular flexibility index (Phi) is 4.21. The highest BCUT2D eigenvalue weighted by molar-refractivity contribution is 7.98. The fourth-order valence-corrected chi connectivity index (χ4v) is 2.15. The zero-order valence-electron chi connectivity index (χ0n) is 7.48. The van der Waals surface area contributed by atoms with Gasteiger partial charge in [0.05, 0.1) is 0 Å². The van der Waals surface area contributed by atoms with Gasteiger partial charge in [0.25, 0.3) is 0 Å². The molecule has 0 aromatic heterocycles. The Morgan fingerprint density at radius 2 is 2.08 bits per heavy atom. The van der Waals surface area contributed by atoms with Crippen molar-refractivity contribution in [3.05, 3.63) is 0 Å². The Labute approximate surface area is 81.6 Å². The SMILES string of the molecule is CSCC[C@](N)(C(=O)O)S(C)(=O)=O. The number of nitrogens with two attached hydrogens (primary N) is 1. The van der Waals surface area contributed by atoms with E-state index in [0.29, 0.717) is 5.75 Å². The van der Waals surface area contributed by atoms with Crippen molar-refractivity contribution < 1.29 is 18.3 Å². The van der Waals surface area contributed by atoms with Crippen molar-refractivity contribution >= 4 is 27.6 Å². The van der Waals surface area contributed by atoms with E-state index in [2.05, 4.69) is 0 Å². The van der Waals surface area contributed by atoms with Crippen molar-refractivity contribution in [1.82, 2.24) is 0 Å². The number of aliphatic carboxylic acids is 1. The molecule has 1 atom stereocenters. The second-order valence-electron chi connectivity index (χ2n) is 2.71. The molecule has 3 N–H and O–H groups in total. The first-order chi connectivity index (χ1) is 5.75. The van der Waals surface area contributed by atoms with Crippen LogP contribution < -0.4 is 5.73 Å². The molecule has 0 radical (unpaired) electrons. The number of carboxylic acid groups (broad SMARTS) is 1. The van der Waals surface area contributed by atoms with Gasteiger partial charge < -0.3 is 10.8 Å². The van der Waals surface area contributed by atoms with Crippen molar-refractivity contribution in [1.29, 1.82) is 0 Å². The molecule has 0 spiro atoms. The first-order valence-corrected chi connectivity index (χ1v) is 6.75. The highest BCUT2D eigenvalue weighted by Crippen LogP contribution is 2.17. The minimum absolute atomic E-state index is 0.0810. The minimum Gasteiger partial charge on any atom is -0.479 e. The number of carboxylic acids is 1. The van der Waals surface area contributed by atoms with Gasteiger partial charge in [-0.1, -0.05) is 0 Å². The third-order valence-electron chi connectivity index (χ3n) is 1.70. The average Bonchev–Trinajstić information content (AvgIpc) is 1.97. The van der Waals surface area contributed by atoms with Crippen LogP contribution in [0.2, 0.25) is 0 Å². The largest absolute Gasteiger partial charge is 0.479 e. The molecule has 0 amide bonds. The molecule has 13 heavy (non-hydrogen) atoms. The predicted molar refractivity (Wildman–Crippen MR) is 52.4 cm³/mol. The maximum absolute atomic E-state index is 11.1. The number of thioether (sulfide) groups is 1. The van der Waals surface area contributed by atoms with Crippen LogP contribution in [0.4, 0.5) is 0 Å². The summed E-state index contributed by atoms with van der Waals surface area (Å²) < 4.78 is 22.2. The van der Waals surface area contributed by atoms with E-state index >= 15 is 0 Å². The lowest BCUT2D eigenvalue weighted by atomic mass is 10.2. The van der Waals surface area contributed by atoms with Crippen molar-refractivity contribution in [3.63, 3.8) is 0 Å². The van der Waals surface area contributed by atoms with Gasteiger partial charge in [-0.3, -0.25) is 0 Å². The molecule has 0 fully saturated rings. The third kappa shape index (κ3) is 2.85. The summed E-state index contributed by atoms with van der Waals surface area (Å²) >= 11 is 1.35. The zero-order chi connectivity index (χ0) is 10.7. The van der Waals surface area contributed by atoms with E-state index in [1.54, 1.807) is 6.26 Å². The van der Waals surface area contributed by atoms with Crippen LogP contribution >= 0.6 is 11.8 Å². The van der Waals surface area contributed by atoms with Crippen LogP contribution in [0.25, 0.3) is 0 Å². The molecule has 0 aliphatic heterocycles. The monoisotopic (exact) mass is 227 g/mol. The molecule has 7 heteroatoms. The number of rotatable bonds is 5. The summed E-state index contributed by atoms with van der Waals surface area (Å²) in [6.45, 7) is 0. The zero-order valence-corrected chi connectivity index (χ0v) is 9.11. The van der Waals surface area contributed by atoms with Crippen LogP contribution in [-0.4, -0.2) is 42.6 Å². The van der Waals surface area contributed by atoms with Gasteiger partial charge in [0.15, 0.2) is 9.84 Å². The molecule has 0 aliphatic carbocycles. The first kappa shape index (κ1) is 12.7. The van der Waals surface area contributed by atoms with E-state index in [1.165, 1.54) is 11.8 Å². The molecule has 0 heterocycles. The van der Waals surface area contributed by atoms with Gasteiger partial charge in [0.2, 0.25) is 4.87 Å². The van der Waals surface area contributed by atoms with Gasteiger partial charge in [-0.25, -0.2) is 13.2 Å². The summed E-state index contributed by atoms with van der Waals surface area (Å²) in [5.74, 6) is -1.10. The Bertz CT molecular complexity index is 287. The molecule has 0 rings (SSSR count). The summed E-state index contributed by atoms with van der Waals surface area (Å²) in [5, 5.41) is 8.68. The highest BCUT2D eigenvalue weighted by atomic mass is 32.2. The topological polar surface area (TPSA) is 97.5 Å². The molecule has 0 bridgehead atoms. The Balaban J connectivity index is 4.86. The van der Waals surface area contributed by atoms with Crippen molar-refractivity contribution in [3.8, 4) is 0 Å². The predicted octanol–water partition coefficient (Wildman–Crippen LogP) is -0.476. The van der Waals surface area contributed by atoms with Crippen LogP contribution in [0.1, 0.15) is 6.42 Å². The lowest BCUT2D eigenvalue weighted by Gasteiger charge is -2.21. The average molecular weight is 227 g/mol. The first-order valence-electron chi connectivity index (χ1n) is 3.46. The van der Waals surface area contributed by atoms with Crippen LogP contribution in [-0.2, 0) is 14.6 Å². The molecule has 0 unspecified atom stereocenters. The van der Waals surface area contributed by atoms with Crippen molar-refractivity contribution in [2.24, 2.45) is 5.73 Å². The summed E-state index contributed by atoms with van der Waals surface area (Å²) in [6.07, 6.45) is 2.51. The van der Waals surface area contributed by atoms with Crippen LogP contribution in [0.3, 0.4) is 0 Å². The van der Waals surface area contributed by atoms with Crippen LogP contribution in [0.5, 0.6) is 0 Å². The quantitative estimate of drug-likeness (QED) is 0.658. The van der Waals surface area contributed by atoms with E-state index in [9.17, 15) is 13.2 Å². The maximum atomic E-state index is 11.1. The van der Waals surface area contributed by atoms with Crippen LogP contribution in [0.15, 0.2) is 0 Å². The van der Waals surface area contributed by atoms with Gasteiger partial charge in [-0.15, -0.1) is 0 Å². The van der Waals surface area contributed by atoms with E-state index in [0.717, 1.165) is 6.26 Å². The standard InChI is InChI=1S/C6H13NO4S2/c1-12-4-3-6(7,5(8)9)13(2,10)11/h3-4,7H2,1-2H3,(H,8,9)/t6-/m1/s1. The maximum Gasteiger partial charge on any atom is 0.339 e. The smallest absolute Gasteiger partial charge is 0.339 e. The second-order valence-corrected chi connectivity index (χ2v) is 5.97. The number of hydrogen-bond donors (Lipinski definition) is 2. The van der Waals surface area contributed by atoms with Crippen LogP contribution in [0, 0.1) is 0 Å². The minimum atomic E-state index is -3.77. The number of hydrogen-bond acceptors (Lipinski definition) is 5. The third-order valence-corrected chi connectivity index (χ3v) is 4.02. The fraction of sp³-hybridized carbons (Fsp3) is 0.833. The molecular weight excluding hydrogens is 214 g/mol. The highest BCUT2D eigenvalue weighted by Gasteiger charge is 2.43. The van der Waals surface area contributed by atoms with E-state index in [1.807, 2.05) is 0 Å². The molecule has 0 aliphatic rings. The second kappa shape index (κ2) is 4.30. The molecule has 5 nitrogen and oxygen atoms in total. The van der Waals surface area contributed by atoms with E-state index in [-0.39, 0.29) is 6.42 Å². The number of sulfone groups is 1. The van der Waals surface area contributed by atoms with Gasteiger partial charge in [0.1, 0.15) is 0 Å². The molecule has 0 saturated carbocycles. The molecular formula is C6H13NO4S2. The molecule has 78 valence electrons. The lowest BCUT2D eigenvalue weighted by molar-refractivity contribution is -0.140. The van der Waals surface area contributed by atoms with Crippen molar-refractivity contribution in [2.75, 3.05) is 18.3 Å². The van der Waals surface area contributed by atoms with Crippen molar-refractivity contribution in [2.45, 2.75) is 11.3 Å². The normalized spacial score (nSPS) is 16.5. The van der Waals surface area contributed by atoms with Gasteiger partial charge in [-0.05, 0) is 18.4 Å². The fourth-order valence-electron chi connectivity index (χ4n) is 0.705. The summed E-state index contributed by atoms with van der Waals surface area (Å²) in [6, 6.07) is 0. The van der Waals surface area contributed by atoms with Gasteiger partial charge >= 0.3 is 5.97 Å². The Hall–Kier alpha value is -0.270. The number of carbonyl (C=O) groups is 1. The van der Waals surface area contributed by atoms with Gasteiger partial charge in [-0.2, -0.15) is 11.8 Å². The Morgan fingerprint density at radius 1 is 1.62 bits per heavy atom. The summed E-state index contributed by atoms with van der Waals surface area (Å²) in [4.78, 5) is 8.52. The van der Waals surface area contributed by atoms with E-state index in [4.69, 9.17) is 10.8 Å². The molecule has 0 saturated heterocycles. The summed E-state index contributed by atoms with van der Waals surface area (Å²) in [5.41, 5.74) is 5.30. The Morgan fingerprint density at radius 3 is 2.31 bits per heavy atom.